The highest BCUT2D eigenvalue weighted by atomic mass is 15.1. The first kappa shape index (κ1) is 18.8. The van der Waals surface area contributed by atoms with Gasteiger partial charge in [-0.25, -0.2) is 9.97 Å². The molecule has 0 N–H and O–H groups in total. The maximum absolute atomic E-state index is 4.85. The van der Waals surface area contributed by atoms with E-state index in [1.165, 1.54) is 10.8 Å². The SMILES string of the molecule is c1ccc(-n2cc(-c3ccccn3)c3ncnc(-n4c5ccccc5c5ccccc54)c32)cc1. The van der Waals surface area contributed by atoms with Crippen LogP contribution in [0.4, 0.5) is 0 Å². The van der Waals surface area contributed by atoms with Crippen LogP contribution in [0.2, 0.25) is 0 Å². The summed E-state index contributed by atoms with van der Waals surface area (Å²) >= 11 is 0. The van der Waals surface area contributed by atoms with Crippen molar-refractivity contribution >= 4 is 32.8 Å². The predicted molar refractivity (Wildman–Crippen MR) is 136 cm³/mol. The standard InChI is InChI=1S/C29H19N5/c1-2-10-20(11-3-1)33-18-23(24-14-8-9-17-30-24)27-28(33)29(32-19-31-27)34-25-15-6-4-12-21(25)22-13-5-7-16-26(22)34/h1-19H. The van der Waals surface area contributed by atoms with Gasteiger partial charge in [0.15, 0.2) is 5.82 Å². The van der Waals surface area contributed by atoms with Crippen LogP contribution in [-0.4, -0.2) is 24.1 Å². The van der Waals surface area contributed by atoms with Crippen LogP contribution >= 0.6 is 0 Å². The molecule has 0 atom stereocenters. The van der Waals surface area contributed by atoms with Gasteiger partial charge in [0.05, 0.1) is 16.7 Å². The Hall–Kier alpha value is -4.77. The molecular weight excluding hydrogens is 418 g/mol. The summed E-state index contributed by atoms with van der Waals surface area (Å²) in [7, 11) is 0. The number of benzene rings is 3. The van der Waals surface area contributed by atoms with Crippen molar-refractivity contribution in [3.63, 3.8) is 0 Å². The lowest BCUT2D eigenvalue weighted by molar-refractivity contribution is 1.03. The number of aromatic nitrogens is 5. The van der Waals surface area contributed by atoms with Gasteiger partial charge in [-0.2, -0.15) is 0 Å². The summed E-state index contributed by atoms with van der Waals surface area (Å²) < 4.78 is 4.43. The Balaban J connectivity index is 1.65. The van der Waals surface area contributed by atoms with Crippen LogP contribution in [0.15, 0.2) is 116 Å². The molecule has 5 nitrogen and oxygen atoms in total. The van der Waals surface area contributed by atoms with Gasteiger partial charge >= 0.3 is 0 Å². The Morgan fingerprint density at radius 1 is 0.588 bits per heavy atom. The minimum atomic E-state index is 0.841. The van der Waals surface area contributed by atoms with Crippen molar-refractivity contribution in [3.8, 4) is 22.8 Å². The normalized spacial score (nSPS) is 11.5. The van der Waals surface area contributed by atoms with E-state index < -0.39 is 0 Å². The quantitative estimate of drug-likeness (QED) is 0.314. The van der Waals surface area contributed by atoms with Crippen LogP contribution in [-0.2, 0) is 0 Å². The van der Waals surface area contributed by atoms with Gasteiger partial charge in [-0.05, 0) is 36.4 Å². The second kappa shape index (κ2) is 7.39. The zero-order valence-corrected chi connectivity index (χ0v) is 18.2. The molecule has 0 aliphatic carbocycles. The van der Waals surface area contributed by atoms with E-state index in [1.807, 2.05) is 42.6 Å². The van der Waals surface area contributed by atoms with Gasteiger partial charge in [-0.15, -0.1) is 0 Å². The molecule has 0 radical (unpaired) electrons. The average molecular weight is 438 g/mol. The van der Waals surface area contributed by atoms with Gasteiger partial charge in [-0.1, -0.05) is 60.7 Å². The monoisotopic (exact) mass is 437 g/mol. The fourth-order valence-electron chi connectivity index (χ4n) is 4.86. The molecule has 7 rings (SSSR count). The first-order valence-corrected chi connectivity index (χ1v) is 11.2. The molecule has 34 heavy (non-hydrogen) atoms. The summed E-state index contributed by atoms with van der Waals surface area (Å²) in [5.74, 6) is 0.841. The molecule has 5 heteroatoms. The van der Waals surface area contributed by atoms with Crippen LogP contribution in [0.25, 0.3) is 55.6 Å². The van der Waals surface area contributed by atoms with E-state index in [4.69, 9.17) is 9.97 Å². The van der Waals surface area contributed by atoms with Gasteiger partial charge < -0.3 is 4.57 Å². The lowest BCUT2D eigenvalue weighted by Gasteiger charge is -2.11. The summed E-state index contributed by atoms with van der Waals surface area (Å²) in [6.07, 6.45) is 5.59. The third-order valence-corrected chi connectivity index (χ3v) is 6.32. The zero-order valence-electron chi connectivity index (χ0n) is 18.2. The molecule has 3 aromatic carbocycles. The van der Waals surface area contributed by atoms with Gasteiger partial charge in [0.2, 0.25) is 0 Å². The fraction of sp³-hybridized carbons (Fsp3) is 0. The van der Waals surface area contributed by atoms with Crippen LogP contribution in [0.1, 0.15) is 0 Å². The third-order valence-electron chi connectivity index (χ3n) is 6.32. The van der Waals surface area contributed by atoms with E-state index in [2.05, 4.69) is 81.0 Å². The summed E-state index contributed by atoms with van der Waals surface area (Å²) in [6.45, 7) is 0. The fourth-order valence-corrected chi connectivity index (χ4v) is 4.86. The number of rotatable bonds is 3. The smallest absolute Gasteiger partial charge is 0.166 e. The Kier molecular flexibility index (Phi) is 4.08. The number of hydrogen-bond acceptors (Lipinski definition) is 3. The van der Waals surface area contributed by atoms with Gasteiger partial charge in [-0.3, -0.25) is 9.55 Å². The van der Waals surface area contributed by atoms with E-state index in [-0.39, 0.29) is 0 Å². The van der Waals surface area contributed by atoms with Crippen LogP contribution in [0, 0.1) is 0 Å². The molecule has 0 fully saturated rings. The summed E-state index contributed by atoms with van der Waals surface area (Å²) in [5.41, 5.74) is 6.95. The first-order chi connectivity index (χ1) is 16.9. The Morgan fingerprint density at radius 2 is 1.26 bits per heavy atom. The van der Waals surface area contributed by atoms with Crippen molar-refractivity contribution in [1.82, 2.24) is 24.1 Å². The molecule has 0 saturated carbocycles. The number of nitrogens with zero attached hydrogens (tertiary/aromatic N) is 5. The molecule has 0 amide bonds. The van der Waals surface area contributed by atoms with E-state index in [0.717, 1.165) is 44.8 Å². The molecule has 4 heterocycles. The van der Waals surface area contributed by atoms with Crippen molar-refractivity contribution in [3.05, 3.63) is 116 Å². The summed E-state index contributed by atoms with van der Waals surface area (Å²) in [5, 5.41) is 2.40. The second-order valence-electron chi connectivity index (χ2n) is 8.23. The highest BCUT2D eigenvalue weighted by Crippen LogP contribution is 2.37. The van der Waals surface area contributed by atoms with Gasteiger partial charge in [0, 0.05) is 34.4 Å². The van der Waals surface area contributed by atoms with Crippen LogP contribution in [0.3, 0.4) is 0 Å². The predicted octanol–water partition coefficient (Wildman–Crippen LogP) is 6.58. The largest absolute Gasteiger partial charge is 0.311 e. The summed E-state index contributed by atoms with van der Waals surface area (Å²) in [6, 6.07) is 33.2. The number of pyridine rings is 1. The van der Waals surface area contributed by atoms with Crippen LogP contribution in [0.5, 0.6) is 0 Å². The molecule has 4 aromatic heterocycles. The lowest BCUT2D eigenvalue weighted by atomic mass is 10.2. The number of para-hydroxylation sites is 3. The zero-order chi connectivity index (χ0) is 22.5. The molecule has 0 unspecified atom stereocenters. The molecule has 160 valence electrons. The van der Waals surface area contributed by atoms with Crippen LogP contribution < -0.4 is 0 Å². The van der Waals surface area contributed by atoms with Gasteiger partial charge in [0.25, 0.3) is 0 Å². The minimum Gasteiger partial charge on any atom is -0.311 e. The molecule has 0 spiro atoms. The Morgan fingerprint density at radius 3 is 1.97 bits per heavy atom. The average Bonchev–Trinajstić information content (AvgIpc) is 3.46. The Bertz CT molecular complexity index is 1740. The van der Waals surface area contributed by atoms with E-state index in [0.29, 0.717) is 0 Å². The maximum Gasteiger partial charge on any atom is 0.166 e. The van der Waals surface area contributed by atoms with Crippen molar-refractivity contribution < 1.29 is 0 Å². The minimum absolute atomic E-state index is 0.841. The van der Waals surface area contributed by atoms with Crippen molar-refractivity contribution in [1.29, 1.82) is 0 Å². The highest BCUT2D eigenvalue weighted by Gasteiger charge is 2.21. The summed E-state index contributed by atoms with van der Waals surface area (Å²) in [4.78, 5) is 14.2. The van der Waals surface area contributed by atoms with Crippen molar-refractivity contribution in [2.45, 2.75) is 0 Å². The Labute approximate surface area is 195 Å². The molecule has 0 aliphatic heterocycles. The van der Waals surface area contributed by atoms with E-state index in [1.54, 1.807) is 6.33 Å². The molecule has 0 saturated heterocycles. The molecule has 0 aliphatic rings. The second-order valence-corrected chi connectivity index (χ2v) is 8.23. The maximum atomic E-state index is 4.85. The number of fused-ring (bicyclic) bond motifs is 4. The van der Waals surface area contributed by atoms with E-state index >= 15 is 0 Å². The molecular formula is C29H19N5. The first-order valence-electron chi connectivity index (χ1n) is 11.2. The third kappa shape index (κ3) is 2.70. The van der Waals surface area contributed by atoms with Crippen molar-refractivity contribution in [2.75, 3.05) is 0 Å². The molecule has 0 bridgehead atoms. The van der Waals surface area contributed by atoms with E-state index in [9.17, 15) is 0 Å². The topological polar surface area (TPSA) is 48.5 Å². The highest BCUT2D eigenvalue weighted by molar-refractivity contribution is 6.10. The lowest BCUT2D eigenvalue weighted by Crippen LogP contribution is -2.03. The molecule has 7 aromatic rings. The number of hydrogen-bond donors (Lipinski definition) is 0. The van der Waals surface area contributed by atoms with Crippen molar-refractivity contribution in [2.24, 2.45) is 0 Å². The van der Waals surface area contributed by atoms with Gasteiger partial charge in [0.1, 0.15) is 17.4 Å².